The molecule has 20 heavy (non-hydrogen) atoms. The first-order valence-electron chi connectivity index (χ1n) is 7.66. The van der Waals surface area contributed by atoms with Crippen LogP contribution in [0, 0.1) is 11.7 Å². The van der Waals surface area contributed by atoms with Crippen LogP contribution in [0.1, 0.15) is 49.9 Å². The van der Waals surface area contributed by atoms with Crippen molar-refractivity contribution in [2.45, 2.75) is 44.1 Å². The van der Waals surface area contributed by atoms with Gasteiger partial charge in [0.2, 0.25) is 0 Å². The molecule has 3 nitrogen and oxygen atoms in total. The molecule has 106 valence electrons. The number of hydrogen-bond donors (Lipinski definition) is 1. The minimum Gasteiger partial charge on any atom is -0.330 e. The van der Waals surface area contributed by atoms with Gasteiger partial charge in [-0.25, -0.2) is 9.37 Å². The highest BCUT2D eigenvalue weighted by atomic mass is 19.1. The van der Waals surface area contributed by atoms with E-state index in [1.54, 1.807) is 6.07 Å². The van der Waals surface area contributed by atoms with Gasteiger partial charge in [0, 0.05) is 12.0 Å². The van der Waals surface area contributed by atoms with Gasteiger partial charge in [-0.15, -0.1) is 0 Å². The Morgan fingerprint density at radius 1 is 1.25 bits per heavy atom. The molecular weight excluding hydrogens is 253 g/mol. The van der Waals surface area contributed by atoms with Gasteiger partial charge in [-0.1, -0.05) is 12.5 Å². The average molecular weight is 273 g/mol. The molecule has 2 unspecified atom stereocenters. The Morgan fingerprint density at radius 3 is 2.85 bits per heavy atom. The van der Waals surface area contributed by atoms with Crippen LogP contribution in [0.4, 0.5) is 4.39 Å². The van der Waals surface area contributed by atoms with E-state index < -0.39 is 0 Å². The van der Waals surface area contributed by atoms with Gasteiger partial charge in [-0.05, 0) is 50.3 Å². The Bertz CT molecular complexity index is 644. The fraction of sp³-hybridized carbons (Fsp3) is 0.562. The van der Waals surface area contributed by atoms with Crippen molar-refractivity contribution in [2.75, 3.05) is 6.54 Å². The van der Waals surface area contributed by atoms with Crippen LogP contribution in [0.5, 0.6) is 0 Å². The zero-order chi connectivity index (χ0) is 13.7. The van der Waals surface area contributed by atoms with Gasteiger partial charge in [0.1, 0.15) is 11.3 Å². The number of rotatable bonds is 3. The summed E-state index contributed by atoms with van der Waals surface area (Å²) in [6.45, 7) is 0.709. The van der Waals surface area contributed by atoms with E-state index in [2.05, 4.69) is 9.55 Å². The molecule has 4 heteroatoms. The van der Waals surface area contributed by atoms with Crippen molar-refractivity contribution in [3.63, 3.8) is 0 Å². The molecule has 0 aliphatic heterocycles. The van der Waals surface area contributed by atoms with E-state index >= 15 is 0 Å². The Balaban J connectivity index is 1.90. The van der Waals surface area contributed by atoms with Crippen molar-refractivity contribution in [1.29, 1.82) is 0 Å². The molecule has 0 amide bonds. The lowest BCUT2D eigenvalue weighted by molar-refractivity contribution is 0.461. The number of aromatic nitrogens is 2. The van der Waals surface area contributed by atoms with Crippen LogP contribution in [0.25, 0.3) is 11.0 Å². The quantitative estimate of drug-likeness (QED) is 0.932. The predicted octanol–water partition coefficient (Wildman–Crippen LogP) is 3.35. The zero-order valence-corrected chi connectivity index (χ0v) is 11.6. The fourth-order valence-electron chi connectivity index (χ4n) is 3.74. The fourth-order valence-corrected chi connectivity index (χ4v) is 3.74. The van der Waals surface area contributed by atoms with Crippen LogP contribution in [-0.4, -0.2) is 16.1 Å². The van der Waals surface area contributed by atoms with E-state index in [0.717, 1.165) is 17.8 Å². The molecule has 2 saturated carbocycles. The molecule has 0 spiro atoms. The van der Waals surface area contributed by atoms with Gasteiger partial charge in [0.15, 0.2) is 5.82 Å². The molecule has 4 rings (SSSR count). The minimum absolute atomic E-state index is 0.203. The highest BCUT2D eigenvalue weighted by Crippen LogP contribution is 2.45. The third-order valence-corrected chi connectivity index (χ3v) is 4.90. The third-order valence-electron chi connectivity index (χ3n) is 4.90. The summed E-state index contributed by atoms with van der Waals surface area (Å²) < 4.78 is 16.3. The van der Waals surface area contributed by atoms with E-state index in [1.807, 2.05) is 6.07 Å². The number of nitrogens with zero attached hydrogens (tertiary/aromatic N) is 2. The summed E-state index contributed by atoms with van der Waals surface area (Å²) in [5.74, 6) is 1.80. The molecule has 1 aromatic carbocycles. The lowest BCUT2D eigenvalue weighted by Crippen LogP contribution is -2.20. The Hall–Kier alpha value is -1.42. The van der Waals surface area contributed by atoms with Crippen LogP contribution >= 0.6 is 0 Å². The Morgan fingerprint density at radius 2 is 2.10 bits per heavy atom. The van der Waals surface area contributed by atoms with Gasteiger partial charge in [0.25, 0.3) is 0 Å². The number of nitrogens with two attached hydrogens (primary N) is 1. The van der Waals surface area contributed by atoms with Crippen molar-refractivity contribution in [1.82, 2.24) is 9.55 Å². The van der Waals surface area contributed by atoms with Crippen LogP contribution < -0.4 is 5.73 Å². The van der Waals surface area contributed by atoms with Crippen molar-refractivity contribution >= 4 is 11.0 Å². The van der Waals surface area contributed by atoms with Crippen molar-refractivity contribution in [3.05, 3.63) is 29.8 Å². The number of para-hydroxylation sites is 1. The minimum atomic E-state index is -0.203. The summed E-state index contributed by atoms with van der Waals surface area (Å²) in [6.07, 6.45) is 5.91. The standard InChI is InChI=1S/C16H20FN3/c17-13-5-2-6-14-15(13)19-16(20(14)11-7-8-11)12-4-1-3-10(12)9-18/h2,5-6,10-12H,1,3-4,7-9,18H2. The molecule has 0 bridgehead atoms. The van der Waals surface area contributed by atoms with Crippen LogP contribution in [0.3, 0.4) is 0 Å². The molecule has 0 radical (unpaired) electrons. The maximum atomic E-state index is 14.0. The van der Waals surface area contributed by atoms with Crippen molar-refractivity contribution in [3.8, 4) is 0 Å². The molecular formula is C16H20FN3. The predicted molar refractivity (Wildman–Crippen MR) is 77.1 cm³/mol. The van der Waals surface area contributed by atoms with E-state index in [0.29, 0.717) is 29.9 Å². The normalized spacial score (nSPS) is 26.5. The molecule has 2 atom stereocenters. The van der Waals surface area contributed by atoms with Crippen molar-refractivity contribution in [2.24, 2.45) is 11.7 Å². The number of hydrogen-bond acceptors (Lipinski definition) is 2. The first kappa shape index (κ1) is 12.3. The Kier molecular flexibility index (Phi) is 2.81. The second kappa shape index (κ2) is 4.55. The molecule has 1 heterocycles. The van der Waals surface area contributed by atoms with E-state index in [1.165, 1.54) is 31.7 Å². The monoisotopic (exact) mass is 273 g/mol. The average Bonchev–Trinajstić information content (AvgIpc) is 3.04. The largest absolute Gasteiger partial charge is 0.330 e. The van der Waals surface area contributed by atoms with Gasteiger partial charge in [-0.3, -0.25) is 0 Å². The van der Waals surface area contributed by atoms with E-state index in [-0.39, 0.29) is 5.82 Å². The topological polar surface area (TPSA) is 43.8 Å². The molecule has 2 fully saturated rings. The van der Waals surface area contributed by atoms with Gasteiger partial charge in [0.05, 0.1) is 5.52 Å². The summed E-state index contributed by atoms with van der Waals surface area (Å²) >= 11 is 0. The SMILES string of the molecule is NCC1CCCC1c1nc2c(F)cccc2n1C1CC1. The highest BCUT2D eigenvalue weighted by Gasteiger charge is 2.36. The van der Waals surface area contributed by atoms with Crippen LogP contribution in [0.2, 0.25) is 0 Å². The van der Waals surface area contributed by atoms with Gasteiger partial charge >= 0.3 is 0 Å². The zero-order valence-electron chi connectivity index (χ0n) is 11.6. The first-order chi connectivity index (χ1) is 9.79. The van der Waals surface area contributed by atoms with Gasteiger partial charge < -0.3 is 10.3 Å². The summed E-state index contributed by atoms with van der Waals surface area (Å²) in [5.41, 5.74) is 7.42. The Labute approximate surface area is 118 Å². The summed E-state index contributed by atoms with van der Waals surface area (Å²) in [7, 11) is 0. The second-order valence-electron chi connectivity index (χ2n) is 6.21. The van der Waals surface area contributed by atoms with Crippen LogP contribution in [0.15, 0.2) is 18.2 Å². The van der Waals surface area contributed by atoms with E-state index in [4.69, 9.17) is 5.73 Å². The maximum absolute atomic E-state index is 14.0. The van der Waals surface area contributed by atoms with Crippen LogP contribution in [-0.2, 0) is 0 Å². The molecule has 2 N–H and O–H groups in total. The first-order valence-corrected chi connectivity index (χ1v) is 7.66. The molecule has 1 aromatic heterocycles. The lowest BCUT2D eigenvalue weighted by atomic mass is 9.95. The maximum Gasteiger partial charge on any atom is 0.151 e. The smallest absolute Gasteiger partial charge is 0.151 e. The molecule has 2 aromatic rings. The summed E-state index contributed by atoms with van der Waals surface area (Å²) in [4.78, 5) is 4.69. The summed E-state index contributed by atoms with van der Waals surface area (Å²) in [5, 5.41) is 0. The second-order valence-corrected chi connectivity index (χ2v) is 6.21. The third kappa shape index (κ3) is 1.78. The molecule has 0 saturated heterocycles. The van der Waals surface area contributed by atoms with E-state index in [9.17, 15) is 4.39 Å². The number of halogens is 1. The van der Waals surface area contributed by atoms with Crippen molar-refractivity contribution < 1.29 is 4.39 Å². The molecule has 2 aliphatic rings. The highest BCUT2D eigenvalue weighted by molar-refractivity contribution is 5.77. The number of benzene rings is 1. The lowest BCUT2D eigenvalue weighted by Gasteiger charge is -2.19. The molecule has 2 aliphatic carbocycles. The number of fused-ring (bicyclic) bond motifs is 1. The summed E-state index contributed by atoms with van der Waals surface area (Å²) in [6, 6.07) is 5.82. The number of imidazole rings is 1. The van der Waals surface area contributed by atoms with Gasteiger partial charge in [-0.2, -0.15) is 0 Å².